The van der Waals surface area contributed by atoms with Crippen LogP contribution in [0.3, 0.4) is 0 Å². The number of aliphatic carboxylic acids is 1. The van der Waals surface area contributed by atoms with Gasteiger partial charge in [0.15, 0.2) is 0 Å². The fourth-order valence-electron chi connectivity index (χ4n) is 2.28. The second kappa shape index (κ2) is 4.26. The van der Waals surface area contributed by atoms with Gasteiger partial charge in [-0.1, -0.05) is 19.3 Å². The molecule has 0 amide bonds. The van der Waals surface area contributed by atoms with Crippen molar-refractivity contribution in [2.45, 2.75) is 37.5 Å². The number of carboxylic acids is 1. The lowest BCUT2D eigenvalue weighted by molar-refractivity contribution is -0.145. The van der Waals surface area contributed by atoms with Gasteiger partial charge in [0, 0.05) is 14.7 Å². The van der Waals surface area contributed by atoms with Gasteiger partial charge < -0.3 is 5.11 Å². The highest BCUT2D eigenvalue weighted by Crippen LogP contribution is 2.43. The lowest BCUT2D eigenvalue weighted by atomic mass is 9.73. The maximum Gasteiger partial charge on any atom is 0.314 e. The molecule has 0 unspecified atom stereocenters. The van der Waals surface area contributed by atoms with Gasteiger partial charge in [-0.05, 0) is 34.8 Å². The predicted octanol–water partition coefficient (Wildman–Crippen LogP) is 3.80. The normalized spacial score (nSPS) is 20.1. The monoisotopic (exact) mass is 288 g/mol. The summed E-state index contributed by atoms with van der Waals surface area (Å²) in [5, 5.41) is 11.4. The molecule has 0 saturated heterocycles. The van der Waals surface area contributed by atoms with Crippen molar-refractivity contribution in [1.82, 2.24) is 0 Å². The van der Waals surface area contributed by atoms with E-state index < -0.39 is 11.4 Å². The Morgan fingerprint density at radius 1 is 1.40 bits per heavy atom. The van der Waals surface area contributed by atoms with Crippen LogP contribution in [0.25, 0.3) is 0 Å². The van der Waals surface area contributed by atoms with Gasteiger partial charge in [-0.2, -0.15) is 0 Å². The molecule has 82 valence electrons. The first kappa shape index (κ1) is 11.1. The molecule has 15 heavy (non-hydrogen) atoms. The van der Waals surface area contributed by atoms with Crippen LogP contribution in [0.4, 0.5) is 0 Å². The van der Waals surface area contributed by atoms with Gasteiger partial charge in [-0.3, -0.25) is 4.79 Å². The van der Waals surface area contributed by atoms with Crippen LogP contribution in [0.15, 0.2) is 15.9 Å². The van der Waals surface area contributed by atoms with Gasteiger partial charge in [0.1, 0.15) is 5.41 Å². The third-order valence-electron chi connectivity index (χ3n) is 3.16. The molecule has 1 saturated carbocycles. The Balaban J connectivity index is 2.37. The largest absolute Gasteiger partial charge is 0.481 e. The average molecular weight is 289 g/mol. The SMILES string of the molecule is O=C(O)C1(c2cc(Br)cs2)CCCCC1. The van der Waals surface area contributed by atoms with Gasteiger partial charge in [-0.25, -0.2) is 0 Å². The van der Waals surface area contributed by atoms with E-state index in [-0.39, 0.29) is 0 Å². The fraction of sp³-hybridized carbons (Fsp3) is 0.545. The number of halogens is 1. The number of carboxylic acid groups (broad SMARTS) is 1. The fourth-order valence-corrected chi connectivity index (χ4v) is 3.97. The zero-order valence-corrected chi connectivity index (χ0v) is 10.7. The minimum atomic E-state index is -0.656. The highest BCUT2D eigenvalue weighted by atomic mass is 79.9. The van der Waals surface area contributed by atoms with Gasteiger partial charge in [0.2, 0.25) is 0 Å². The summed E-state index contributed by atoms with van der Waals surface area (Å²) in [5.74, 6) is -0.656. The molecule has 1 aliphatic carbocycles. The van der Waals surface area contributed by atoms with Crippen LogP contribution in [0, 0.1) is 0 Å². The first-order valence-corrected chi connectivity index (χ1v) is 6.80. The second-order valence-corrected chi connectivity index (χ2v) is 5.90. The maximum absolute atomic E-state index is 11.5. The summed E-state index contributed by atoms with van der Waals surface area (Å²) < 4.78 is 0.994. The Labute approximate surface area is 101 Å². The lowest BCUT2D eigenvalue weighted by Crippen LogP contribution is -2.36. The average Bonchev–Trinajstić information content (AvgIpc) is 2.66. The first-order chi connectivity index (χ1) is 7.15. The molecule has 0 aromatic carbocycles. The smallest absolute Gasteiger partial charge is 0.314 e. The third kappa shape index (κ3) is 1.97. The number of thiophene rings is 1. The van der Waals surface area contributed by atoms with Crippen molar-refractivity contribution in [2.24, 2.45) is 0 Å². The molecule has 0 aliphatic heterocycles. The molecule has 1 aliphatic rings. The Hall–Kier alpha value is -0.350. The van der Waals surface area contributed by atoms with Crippen molar-refractivity contribution in [3.05, 3.63) is 20.8 Å². The van der Waals surface area contributed by atoms with Crippen molar-refractivity contribution in [3.63, 3.8) is 0 Å². The van der Waals surface area contributed by atoms with E-state index in [2.05, 4.69) is 15.9 Å². The lowest BCUT2D eigenvalue weighted by Gasteiger charge is -2.32. The summed E-state index contributed by atoms with van der Waals surface area (Å²) in [6.07, 6.45) is 4.80. The molecule has 0 spiro atoms. The molecule has 2 rings (SSSR count). The highest BCUT2D eigenvalue weighted by molar-refractivity contribution is 9.10. The van der Waals surface area contributed by atoms with Crippen molar-refractivity contribution in [1.29, 1.82) is 0 Å². The zero-order chi connectivity index (χ0) is 10.9. The Morgan fingerprint density at radius 2 is 2.07 bits per heavy atom. The summed E-state index contributed by atoms with van der Waals surface area (Å²) in [6.45, 7) is 0. The Bertz CT molecular complexity index is 366. The van der Waals surface area contributed by atoms with E-state index in [0.717, 1.165) is 35.0 Å². The third-order valence-corrected chi connectivity index (χ3v) is 5.05. The Kier molecular flexibility index (Phi) is 3.16. The van der Waals surface area contributed by atoms with Crippen molar-refractivity contribution in [2.75, 3.05) is 0 Å². The molecule has 2 nitrogen and oxygen atoms in total. The number of hydrogen-bond acceptors (Lipinski definition) is 2. The molecular formula is C11H13BrO2S. The molecule has 4 heteroatoms. The van der Waals surface area contributed by atoms with Crippen molar-refractivity contribution >= 4 is 33.2 Å². The van der Waals surface area contributed by atoms with Gasteiger partial charge in [-0.15, -0.1) is 11.3 Å². The van der Waals surface area contributed by atoms with Crippen LogP contribution in [-0.2, 0) is 10.2 Å². The summed E-state index contributed by atoms with van der Waals surface area (Å²) in [7, 11) is 0. The molecule has 1 fully saturated rings. The standard InChI is InChI=1S/C11H13BrO2S/c12-8-6-9(15-7-8)11(10(13)14)4-2-1-3-5-11/h6-7H,1-5H2,(H,13,14). The molecule has 1 aromatic heterocycles. The highest BCUT2D eigenvalue weighted by Gasteiger charge is 2.42. The van der Waals surface area contributed by atoms with E-state index in [9.17, 15) is 9.90 Å². The van der Waals surface area contributed by atoms with Crippen LogP contribution in [-0.4, -0.2) is 11.1 Å². The van der Waals surface area contributed by atoms with Crippen LogP contribution in [0.5, 0.6) is 0 Å². The zero-order valence-electron chi connectivity index (χ0n) is 8.33. The summed E-state index contributed by atoms with van der Waals surface area (Å²) in [4.78, 5) is 12.5. The summed E-state index contributed by atoms with van der Waals surface area (Å²) in [5.41, 5.74) is -0.602. The van der Waals surface area contributed by atoms with Crippen LogP contribution in [0.2, 0.25) is 0 Å². The van der Waals surface area contributed by atoms with E-state index in [0.29, 0.717) is 0 Å². The molecule has 1 heterocycles. The maximum atomic E-state index is 11.5. The van der Waals surface area contributed by atoms with Crippen molar-refractivity contribution < 1.29 is 9.90 Å². The molecule has 0 bridgehead atoms. The van der Waals surface area contributed by atoms with Crippen LogP contribution >= 0.6 is 27.3 Å². The van der Waals surface area contributed by atoms with E-state index in [1.807, 2.05) is 11.4 Å². The van der Waals surface area contributed by atoms with E-state index in [1.165, 1.54) is 6.42 Å². The van der Waals surface area contributed by atoms with Gasteiger partial charge >= 0.3 is 5.97 Å². The number of carbonyl (C=O) groups is 1. The van der Waals surface area contributed by atoms with Gasteiger partial charge in [0.05, 0.1) is 0 Å². The molecule has 1 aromatic rings. The van der Waals surface area contributed by atoms with Crippen LogP contribution < -0.4 is 0 Å². The van der Waals surface area contributed by atoms with Crippen molar-refractivity contribution in [3.8, 4) is 0 Å². The van der Waals surface area contributed by atoms with Gasteiger partial charge in [0.25, 0.3) is 0 Å². The molecule has 1 N–H and O–H groups in total. The molecule has 0 atom stereocenters. The summed E-state index contributed by atoms with van der Waals surface area (Å²) in [6, 6.07) is 1.96. The quantitative estimate of drug-likeness (QED) is 0.899. The van der Waals surface area contributed by atoms with Crippen LogP contribution in [0.1, 0.15) is 37.0 Å². The summed E-state index contributed by atoms with van der Waals surface area (Å²) >= 11 is 4.95. The molecular weight excluding hydrogens is 276 g/mol. The second-order valence-electron chi connectivity index (χ2n) is 4.08. The number of hydrogen-bond donors (Lipinski definition) is 1. The first-order valence-electron chi connectivity index (χ1n) is 5.13. The minimum absolute atomic E-state index is 0.602. The molecule has 0 radical (unpaired) electrons. The van der Waals surface area contributed by atoms with E-state index in [4.69, 9.17) is 0 Å². The number of rotatable bonds is 2. The van der Waals surface area contributed by atoms with E-state index >= 15 is 0 Å². The predicted molar refractivity (Wildman–Crippen MR) is 64.4 cm³/mol. The minimum Gasteiger partial charge on any atom is -0.481 e. The topological polar surface area (TPSA) is 37.3 Å². The van der Waals surface area contributed by atoms with E-state index in [1.54, 1.807) is 11.3 Å². The Morgan fingerprint density at radius 3 is 2.53 bits per heavy atom.